The molecule has 3 aliphatic rings. The molecule has 1 saturated heterocycles. The van der Waals surface area contributed by atoms with Gasteiger partial charge in [-0.3, -0.25) is 9.59 Å². The highest BCUT2D eigenvalue weighted by Gasteiger charge is 2.74. The molecule has 0 aromatic heterocycles. The molecule has 4 nitrogen and oxygen atoms in total. The Labute approximate surface area is 128 Å². The summed E-state index contributed by atoms with van der Waals surface area (Å²) in [5.74, 6) is -0.480. The van der Waals surface area contributed by atoms with Crippen LogP contribution in [0.1, 0.15) is 40.0 Å². The summed E-state index contributed by atoms with van der Waals surface area (Å²) in [6.45, 7) is 6.50. The summed E-state index contributed by atoms with van der Waals surface area (Å²) in [6, 6.07) is 0. The quantitative estimate of drug-likeness (QED) is 0.734. The molecule has 1 aliphatic heterocycles. The number of carbonyl (C=O) groups excluding carboxylic acids is 2. The van der Waals surface area contributed by atoms with E-state index in [0.717, 1.165) is 12.8 Å². The van der Waals surface area contributed by atoms with Crippen LogP contribution in [0.15, 0.2) is 0 Å². The van der Waals surface area contributed by atoms with Gasteiger partial charge in [0.1, 0.15) is 0 Å². The Kier molecular flexibility index (Phi) is 3.09. The molecule has 0 aromatic carbocycles. The molecular weight excluding hydrogens is 303 g/mol. The average molecular weight is 321 g/mol. The summed E-state index contributed by atoms with van der Waals surface area (Å²) >= 11 is 11.1. The fourth-order valence-corrected chi connectivity index (χ4v) is 4.75. The third-order valence-electron chi connectivity index (χ3n) is 6.15. The standard InChI is InChI=1S/C14H18Cl2O4/c1-12(2)7-4-5-13(12,3)14(6-7)19-8(10(15)17)9(20-14)11(16)18/h7-9H,4-6H2,1-3H3. The van der Waals surface area contributed by atoms with Crippen molar-refractivity contribution in [1.82, 2.24) is 0 Å². The number of hydrogen-bond acceptors (Lipinski definition) is 4. The van der Waals surface area contributed by atoms with Crippen LogP contribution in [0.25, 0.3) is 0 Å². The van der Waals surface area contributed by atoms with Crippen LogP contribution in [0.5, 0.6) is 0 Å². The smallest absolute Gasteiger partial charge is 0.253 e. The molecule has 0 aromatic rings. The lowest BCUT2D eigenvalue weighted by molar-refractivity contribution is -0.247. The Hall–Kier alpha value is -0.160. The van der Waals surface area contributed by atoms with E-state index in [2.05, 4.69) is 20.8 Å². The van der Waals surface area contributed by atoms with E-state index in [-0.39, 0.29) is 10.8 Å². The molecule has 3 rings (SSSR count). The van der Waals surface area contributed by atoms with Crippen molar-refractivity contribution >= 4 is 33.7 Å². The van der Waals surface area contributed by atoms with Crippen LogP contribution >= 0.6 is 23.2 Å². The van der Waals surface area contributed by atoms with Crippen molar-refractivity contribution in [2.45, 2.75) is 58.0 Å². The first-order valence-electron chi connectivity index (χ1n) is 6.89. The van der Waals surface area contributed by atoms with E-state index < -0.39 is 28.5 Å². The van der Waals surface area contributed by atoms with Gasteiger partial charge in [-0.15, -0.1) is 0 Å². The van der Waals surface area contributed by atoms with E-state index in [4.69, 9.17) is 32.7 Å². The molecule has 20 heavy (non-hydrogen) atoms. The lowest BCUT2D eigenvalue weighted by Gasteiger charge is -2.44. The Morgan fingerprint density at radius 2 is 1.55 bits per heavy atom. The van der Waals surface area contributed by atoms with Gasteiger partial charge in [-0.05, 0) is 47.4 Å². The number of carbonyl (C=O) groups is 2. The second-order valence-electron chi connectivity index (χ2n) is 6.93. The summed E-state index contributed by atoms with van der Waals surface area (Å²) in [5, 5.41) is -1.46. The first-order valence-corrected chi connectivity index (χ1v) is 7.64. The molecule has 0 radical (unpaired) electrons. The van der Waals surface area contributed by atoms with Crippen LogP contribution in [0.3, 0.4) is 0 Å². The highest BCUT2D eigenvalue weighted by molar-refractivity contribution is 6.67. The van der Waals surface area contributed by atoms with Gasteiger partial charge in [-0.2, -0.15) is 0 Å². The maximum Gasteiger partial charge on any atom is 0.253 e. The molecule has 3 fully saturated rings. The van der Waals surface area contributed by atoms with Gasteiger partial charge in [-0.1, -0.05) is 20.8 Å². The summed E-state index contributed by atoms with van der Waals surface area (Å²) in [6.07, 6.45) is 0.522. The van der Waals surface area contributed by atoms with Gasteiger partial charge in [0.25, 0.3) is 10.5 Å². The maximum atomic E-state index is 11.5. The summed E-state index contributed by atoms with van der Waals surface area (Å²) < 4.78 is 11.8. The fourth-order valence-electron chi connectivity index (χ4n) is 4.43. The van der Waals surface area contributed by atoms with Gasteiger partial charge in [0, 0.05) is 11.8 Å². The lowest BCUT2D eigenvalue weighted by atomic mass is 9.68. The van der Waals surface area contributed by atoms with Gasteiger partial charge in [0.2, 0.25) is 0 Å². The first kappa shape index (κ1) is 14.8. The van der Waals surface area contributed by atoms with Crippen molar-refractivity contribution in [2.75, 3.05) is 0 Å². The summed E-state index contributed by atoms with van der Waals surface area (Å²) in [5.41, 5.74) is -0.229. The number of fused-ring (bicyclic) bond motifs is 3. The van der Waals surface area contributed by atoms with Gasteiger partial charge < -0.3 is 9.47 Å². The van der Waals surface area contributed by atoms with Crippen LogP contribution in [0.4, 0.5) is 0 Å². The van der Waals surface area contributed by atoms with Crippen molar-refractivity contribution in [3.63, 3.8) is 0 Å². The van der Waals surface area contributed by atoms with E-state index in [0.29, 0.717) is 12.3 Å². The highest BCUT2D eigenvalue weighted by Crippen LogP contribution is 2.72. The first-order chi connectivity index (χ1) is 9.15. The zero-order chi connectivity index (χ0) is 14.9. The second kappa shape index (κ2) is 4.19. The predicted molar refractivity (Wildman–Crippen MR) is 73.4 cm³/mol. The van der Waals surface area contributed by atoms with Crippen LogP contribution in [0.2, 0.25) is 0 Å². The molecule has 1 spiro atoms. The monoisotopic (exact) mass is 320 g/mol. The van der Waals surface area contributed by atoms with E-state index in [9.17, 15) is 9.59 Å². The summed E-state index contributed by atoms with van der Waals surface area (Å²) in [7, 11) is 0. The molecule has 2 aliphatic carbocycles. The number of rotatable bonds is 2. The van der Waals surface area contributed by atoms with Gasteiger partial charge in [0.15, 0.2) is 18.0 Å². The Balaban J connectivity index is 2.00. The predicted octanol–water partition coefficient (Wildman–Crippen LogP) is 2.84. The van der Waals surface area contributed by atoms with Crippen LogP contribution in [0, 0.1) is 16.7 Å². The minimum Gasteiger partial charge on any atom is -0.334 e. The van der Waals surface area contributed by atoms with Crippen LogP contribution < -0.4 is 0 Å². The van der Waals surface area contributed by atoms with Crippen molar-refractivity contribution < 1.29 is 19.1 Å². The largest absolute Gasteiger partial charge is 0.334 e. The van der Waals surface area contributed by atoms with E-state index in [1.165, 1.54) is 0 Å². The van der Waals surface area contributed by atoms with Crippen molar-refractivity contribution in [2.24, 2.45) is 16.7 Å². The zero-order valence-corrected chi connectivity index (χ0v) is 13.3. The van der Waals surface area contributed by atoms with Crippen molar-refractivity contribution in [3.05, 3.63) is 0 Å². The molecule has 2 bridgehead atoms. The Bertz CT molecular complexity index is 468. The maximum absolute atomic E-state index is 11.5. The third-order valence-corrected chi connectivity index (χ3v) is 6.58. The average Bonchev–Trinajstić information content (AvgIpc) is 2.87. The normalized spacial score (nSPS) is 49.0. The molecule has 112 valence electrons. The minimum absolute atomic E-state index is 0.0250. The van der Waals surface area contributed by atoms with Crippen LogP contribution in [-0.4, -0.2) is 28.5 Å². The molecule has 1 heterocycles. The third kappa shape index (κ3) is 1.57. The molecule has 4 unspecified atom stereocenters. The number of hydrogen-bond donors (Lipinski definition) is 0. The SMILES string of the molecule is CC1(C)C2CCC1(C)C1(C2)OC(C(=O)Cl)C(C(=O)Cl)O1. The Morgan fingerprint density at radius 1 is 1.05 bits per heavy atom. The number of halogens is 2. The van der Waals surface area contributed by atoms with Gasteiger partial charge in [-0.25, -0.2) is 0 Å². The van der Waals surface area contributed by atoms with Gasteiger partial charge in [0.05, 0.1) is 0 Å². The molecular formula is C14H18Cl2O4. The second-order valence-corrected chi connectivity index (χ2v) is 7.68. The molecule has 0 N–H and O–H groups in total. The van der Waals surface area contributed by atoms with Crippen LogP contribution in [-0.2, 0) is 19.1 Å². The minimum atomic E-state index is -1.10. The Morgan fingerprint density at radius 3 is 1.85 bits per heavy atom. The van der Waals surface area contributed by atoms with E-state index >= 15 is 0 Å². The molecule has 6 heteroatoms. The summed E-state index contributed by atoms with van der Waals surface area (Å²) in [4.78, 5) is 23.0. The highest BCUT2D eigenvalue weighted by atomic mass is 35.5. The van der Waals surface area contributed by atoms with E-state index in [1.54, 1.807) is 0 Å². The van der Waals surface area contributed by atoms with E-state index in [1.807, 2.05) is 0 Å². The zero-order valence-electron chi connectivity index (χ0n) is 11.7. The molecule has 4 atom stereocenters. The topological polar surface area (TPSA) is 52.6 Å². The van der Waals surface area contributed by atoms with Crippen molar-refractivity contribution in [1.29, 1.82) is 0 Å². The fraction of sp³-hybridized carbons (Fsp3) is 0.857. The lowest BCUT2D eigenvalue weighted by Crippen LogP contribution is -2.49. The number of ether oxygens (including phenoxy) is 2. The molecule has 2 saturated carbocycles. The van der Waals surface area contributed by atoms with Gasteiger partial charge >= 0.3 is 0 Å². The van der Waals surface area contributed by atoms with Crippen molar-refractivity contribution in [3.8, 4) is 0 Å². The molecule has 0 amide bonds.